The number of H-pyrrole nitrogens is 1. The van der Waals surface area contributed by atoms with E-state index in [2.05, 4.69) is 33.2 Å². The fraction of sp³-hybridized carbons (Fsp3) is 0.0667. The molecule has 0 aliphatic carbocycles. The Morgan fingerprint density at radius 3 is 2.90 bits per heavy atom. The number of nitrogens with one attached hydrogen (secondary N) is 1. The molecule has 5 heteroatoms. The van der Waals surface area contributed by atoms with Crippen molar-refractivity contribution in [3.63, 3.8) is 0 Å². The minimum atomic E-state index is 0.504. The van der Waals surface area contributed by atoms with Gasteiger partial charge in [0.1, 0.15) is 17.8 Å². The normalized spacial score (nSPS) is 11.4. The molecule has 20 heavy (non-hydrogen) atoms. The van der Waals surface area contributed by atoms with Gasteiger partial charge in [-0.15, -0.1) is 0 Å². The zero-order valence-corrected chi connectivity index (χ0v) is 11.0. The average molecular weight is 263 g/mol. The monoisotopic (exact) mass is 263 g/mol. The van der Waals surface area contributed by atoms with Gasteiger partial charge in [-0.3, -0.25) is 0 Å². The van der Waals surface area contributed by atoms with Gasteiger partial charge in [0.25, 0.3) is 0 Å². The van der Waals surface area contributed by atoms with Crippen molar-refractivity contribution in [3.05, 3.63) is 42.9 Å². The molecule has 4 rings (SSSR count). The van der Waals surface area contributed by atoms with Crippen LogP contribution in [0.15, 0.2) is 42.9 Å². The van der Waals surface area contributed by atoms with Crippen molar-refractivity contribution >= 4 is 27.8 Å². The molecule has 0 fully saturated rings. The number of para-hydroxylation sites is 1. The van der Waals surface area contributed by atoms with Crippen molar-refractivity contribution < 1.29 is 0 Å². The molecule has 0 bridgehead atoms. The average Bonchev–Trinajstić information content (AvgIpc) is 3.01. The maximum Gasteiger partial charge on any atom is 0.145 e. The van der Waals surface area contributed by atoms with Crippen LogP contribution in [0.5, 0.6) is 0 Å². The smallest absolute Gasteiger partial charge is 0.145 e. The Balaban J connectivity index is 2.07. The summed E-state index contributed by atoms with van der Waals surface area (Å²) in [6.07, 6.45) is 3.52. The number of fused-ring (bicyclic) bond motifs is 2. The molecular formula is C15H13N5. The third-order valence-electron chi connectivity index (χ3n) is 3.60. The highest BCUT2D eigenvalue weighted by atomic mass is 15.0. The Labute approximate surface area is 115 Å². The lowest BCUT2D eigenvalue weighted by atomic mass is 10.1. The van der Waals surface area contributed by atoms with Crippen LogP contribution < -0.4 is 5.73 Å². The molecule has 5 nitrogen and oxygen atoms in total. The molecule has 0 radical (unpaired) electrons. The number of nitrogens with zero attached hydrogens (tertiary/aromatic N) is 3. The van der Waals surface area contributed by atoms with Gasteiger partial charge in [-0.25, -0.2) is 9.97 Å². The number of rotatable bonds is 1. The predicted molar refractivity (Wildman–Crippen MR) is 80.2 cm³/mol. The number of hydrogen-bond donors (Lipinski definition) is 2. The second-order valence-electron chi connectivity index (χ2n) is 4.88. The van der Waals surface area contributed by atoms with Crippen LogP contribution in [0.2, 0.25) is 0 Å². The van der Waals surface area contributed by atoms with Crippen molar-refractivity contribution in [2.75, 3.05) is 5.73 Å². The number of aromatic nitrogens is 4. The van der Waals surface area contributed by atoms with Gasteiger partial charge in [0.05, 0.1) is 5.39 Å². The van der Waals surface area contributed by atoms with Crippen molar-refractivity contribution in [2.24, 2.45) is 7.05 Å². The Kier molecular flexibility index (Phi) is 2.12. The summed E-state index contributed by atoms with van der Waals surface area (Å²) in [5, 5.41) is 2.07. The Bertz CT molecular complexity index is 899. The van der Waals surface area contributed by atoms with Crippen LogP contribution in [-0.4, -0.2) is 19.5 Å². The number of aromatic amines is 1. The third-order valence-corrected chi connectivity index (χ3v) is 3.60. The van der Waals surface area contributed by atoms with E-state index in [1.54, 1.807) is 0 Å². The second-order valence-corrected chi connectivity index (χ2v) is 4.88. The third kappa shape index (κ3) is 1.43. The van der Waals surface area contributed by atoms with Crippen LogP contribution in [0.4, 0.5) is 5.82 Å². The predicted octanol–water partition coefficient (Wildman–Crippen LogP) is 2.70. The summed E-state index contributed by atoms with van der Waals surface area (Å²) in [6.45, 7) is 0. The fourth-order valence-electron chi connectivity index (χ4n) is 2.66. The Morgan fingerprint density at radius 1 is 1.20 bits per heavy atom. The van der Waals surface area contributed by atoms with Gasteiger partial charge in [-0.1, -0.05) is 18.2 Å². The van der Waals surface area contributed by atoms with E-state index < -0.39 is 0 Å². The lowest BCUT2D eigenvalue weighted by molar-refractivity contribution is 0.944. The molecule has 98 valence electrons. The first-order valence-electron chi connectivity index (χ1n) is 6.37. The summed E-state index contributed by atoms with van der Waals surface area (Å²) in [5.74, 6) is 0.504. The minimum absolute atomic E-state index is 0.504. The van der Waals surface area contributed by atoms with Gasteiger partial charge < -0.3 is 15.3 Å². The van der Waals surface area contributed by atoms with Crippen LogP contribution in [-0.2, 0) is 7.05 Å². The number of anilines is 1. The van der Waals surface area contributed by atoms with Gasteiger partial charge in [0, 0.05) is 35.4 Å². The molecule has 0 aliphatic rings. The van der Waals surface area contributed by atoms with Gasteiger partial charge in [0.15, 0.2) is 0 Å². The van der Waals surface area contributed by atoms with E-state index in [-0.39, 0.29) is 0 Å². The van der Waals surface area contributed by atoms with E-state index >= 15 is 0 Å². The molecule has 4 aromatic rings. The lowest BCUT2D eigenvalue weighted by Crippen LogP contribution is -1.94. The zero-order valence-electron chi connectivity index (χ0n) is 11.0. The molecule has 0 saturated carbocycles. The summed E-state index contributed by atoms with van der Waals surface area (Å²) in [4.78, 5) is 11.8. The fourth-order valence-corrected chi connectivity index (χ4v) is 2.66. The van der Waals surface area contributed by atoms with Crippen molar-refractivity contribution in [1.29, 1.82) is 0 Å². The first-order chi connectivity index (χ1) is 9.74. The molecule has 0 unspecified atom stereocenters. The quantitative estimate of drug-likeness (QED) is 0.554. The number of benzene rings is 1. The zero-order chi connectivity index (χ0) is 13.7. The minimum Gasteiger partial charge on any atom is -0.383 e. The second kappa shape index (κ2) is 3.84. The number of hydrogen-bond acceptors (Lipinski definition) is 3. The Hall–Kier alpha value is -2.82. The topological polar surface area (TPSA) is 72.5 Å². The summed E-state index contributed by atoms with van der Waals surface area (Å²) in [7, 11) is 1.96. The molecule has 0 spiro atoms. The van der Waals surface area contributed by atoms with Crippen molar-refractivity contribution in [2.45, 2.75) is 0 Å². The van der Waals surface area contributed by atoms with Crippen molar-refractivity contribution in [3.8, 4) is 11.3 Å². The summed E-state index contributed by atoms with van der Waals surface area (Å²) < 4.78 is 1.97. The molecule has 0 atom stereocenters. The Morgan fingerprint density at radius 2 is 2.05 bits per heavy atom. The van der Waals surface area contributed by atoms with E-state index in [1.807, 2.05) is 29.9 Å². The summed E-state index contributed by atoms with van der Waals surface area (Å²) >= 11 is 0. The van der Waals surface area contributed by atoms with Crippen molar-refractivity contribution in [1.82, 2.24) is 19.5 Å². The number of nitrogens with two attached hydrogens (primary N) is 1. The molecule has 0 saturated heterocycles. The summed E-state index contributed by atoms with van der Waals surface area (Å²) in [6, 6.07) is 10.3. The molecule has 0 amide bonds. The molecule has 3 aromatic heterocycles. The van der Waals surface area contributed by atoms with Crippen LogP contribution in [0.3, 0.4) is 0 Å². The van der Waals surface area contributed by atoms with E-state index in [0.29, 0.717) is 5.82 Å². The van der Waals surface area contributed by atoms with Crippen LogP contribution in [0, 0.1) is 0 Å². The first-order valence-corrected chi connectivity index (χ1v) is 6.37. The van der Waals surface area contributed by atoms with Crippen LogP contribution >= 0.6 is 0 Å². The molecule has 0 aliphatic heterocycles. The lowest BCUT2D eigenvalue weighted by Gasteiger charge is -1.98. The van der Waals surface area contributed by atoms with E-state index in [4.69, 9.17) is 5.73 Å². The highest BCUT2D eigenvalue weighted by Crippen LogP contribution is 2.33. The van der Waals surface area contributed by atoms with E-state index in [1.165, 1.54) is 11.7 Å². The highest BCUT2D eigenvalue weighted by Gasteiger charge is 2.14. The maximum atomic E-state index is 6.02. The molecular weight excluding hydrogens is 250 g/mol. The van der Waals surface area contributed by atoms with E-state index in [0.717, 1.165) is 27.8 Å². The standard InChI is InChI=1S/C15H13N5/c1-20-7-10(13-14(16)17-8-18-15(13)20)12-6-9-4-2-3-5-11(9)19-12/h2-8,19H,1H3,(H2,16,17,18). The molecule has 3 N–H and O–H groups in total. The van der Waals surface area contributed by atoms with Gasteiger partial charge >= 0.3 is 0 Å². The number of aryl methyl sites for hydroxylation is 1. The van der Waals surface area contributed by atoms with Gasteiger partial charge in [0.2, 0.25) is 0 Å². The van der Waals surface area contributed by atoms with Crippen LogP contribution in [0.1, 0.15) is 0 Å². The first kappa shape index (κ1) is 11.0. The summed E-state index contributed by atoms with van der Waals surface area (Å²) in [5.41, 5.74) is 10.0. The molecule has 1 aromatic carbocycles. The largest absolute Gasteiger partial charge is 0.383 e. The van der Waals surface area contributed by atoms with Gasteiger partial charge in [-0.05, 0) is 12.1 Å². The number of nitrogen functional groups attached to an aromatic ring is 1. The highest BCUT2D eigenvalue weighted by molar-refractivity contribution is 6.01. The maximum absolute atomic E-state index is 6.02. The molecule has 3 heterocycles. The van der Waals surface area contributed by atoms with E-state index in [9.17, 15) is 0 Å². The van der Waals surface area contributed by atoms with Crippen LogP contribution in [0.25, 0.3) is 33.2 Å². The SMILES string of the molecule is Cn1cc(-c2cc3ccccc3[nH]2)c2c(N)ncnc21. The van der Waals surface area contributed by atoms with Gasteiger partial charge in [-0.2, -0.15) is 0 Å².